The molecule has 1 fully saturated rings. The molecule has 28 heavy (non-hydrogen) atoms. The highest BCUT2D eigenvalue weighted by atomic mass is 16.6. The first-order chi connectivity index (χ1) is 12.9. The minimum atomic E-state index is -1.58. The number of amides is 1. The van der Waals surface area contributed by atoms with Crippen LogP contribution in [0.15, 0.2) is 48.5 Å². The van der Waals surface area contributed by atoms with E-state index in [1.807, 2.05) is 83.1 Å². The van der Waals surface area contributed by atoms with Gasteiger partial charge >= 0.3 is 0 Å². The lowest BCUT2D eigenvalue weighted by atomic mass is 9.79. The van der Waals surface area contributed by atoms with Crippen LogP contribution in [-0.4, -0.2) is 22.3 Å². The van der Waals surface area contributed by atoms with E-state index in [2.05, 4.69) is 5.32 Å². The topological polar surface area (TPSA) is 58.6 Å². The molecule has 0 aromatic heterocycles. The molecular weight excluding hydrogens is 350 g/mol. The number of aliphatic hydroxyl groups is 1. The first-order valence-electron chi connectivity index (χ1n) is 9.82. The van der Waals surface area contributed by atoms with E-state index in [-0.39, 0.29) is 11.4 Å². The van der Waals surface area contributed by atoms with Crippen LogP contribution in [-0.2, 0) is 15.1 Å². The molecule has 1 saturated heterocycles. The van der Waals surface area contributed by atoms with Crippen molar-refractivity contribution in [3.63, 3.8) is 0 Å². The smallest absolute Gasteiger partial charge is 0.229 e. The summed E-state index contributed by atoms with van der Waals surface area (Å²) in [5.41, 5.74) is 2.91. The zero-order valence-corrected chi connectivity index (χ0v) is 17.7. The Bertz CT molecular complexity index is 799. The summed E-state index contributed by atoms with van der Waals surface area (Å²) in [6.45, 7) is 11.5. The molecular formula is C24H31NO3. The summed E-state index contributed by atoms with van der Waals surface area (Å²) in [6, 6.07) is 16.2. The molecule has 2 aromatic carbocycles. The maximum Gasteiger partial charge on any atom is 0.229 e. The van der Waals surface area contributed by atoms with Crippen molar-refractivity contribution in [3.05, 3.63) is 70.8 Å². The standard InChI is InChI=1S/C24H31NO3/c1-16-7-11-18(12-8-16)24(19-13-9-17(2)10-14-19)15-20(23(6,27)28-24)21(26)25-22(3,4)5/h7-14,20,27H,15H2,1-6H3,(H,25,26). The fraction of sp³-hybridized carbons (Fsp3) is 0.458. The molecule has 2 atom stereocenters. The summed E-state index contributed by atoms with van der Waals surface area (Å²) < 4.78 is 6.33. The molecule has 1 aliphatic rings. The van der Waals surface area contributed by atoms with Crippen molar-refractivity contribution in [1.29, 1.82) is 0 Å². The van der Waals surface area contributed by atoms with Gasteiger partial charge in [-0.2, -0.15) is 0 Å². The van der Waals surface area contributed by atoms with Crippen LogP contribution in [0.5, 0.6) is 0 Å². The number of carbonyl (C=O) groups is 1. The number of benzene rings is 2. The third kappa shape index (κ3) is 3.98. The maximum atomic E-state index is 13.0. The van der Waals surface area contributed by atoms with Crippen molar-refractivity contribution >= 4 is 5.91 Å². The van der Waals surface area contributed by atoms with Crippen LogP contribution in [0.3, 0.4) is 0 Å². The molecule has 0 spiro atoms. The van der Waals surface area contributed by atoms with Gasteiger partial charge in [-0.1, -0.05) is 59.7 Å². The molecule has 1 heterocycles. The second-order valence-electron chi connectivity index (χ2n) is 9.21. The van der Waals surface area contributed by atoms with Crippen LogP contribution in [0.1, 0.15) is 56.4 Å². The lowest BCUT2D eigenvalue weighted by Crippen LogP contribution is -2.48. The largest absolute Gasteiger partial charge is 0.365 e. The lowest BCUT2D eigenvalue weighted by molar-refractivity contribution is -0.219. The number of hydrogen-bond acceptors (Lipinski definition) is 3. The zero-order valence-electron chi connectivity index (χ0n) is 17.7. The van der Waals surface area contributed by atoms with Gasteiger partial charge in [-0.3, -0.25) is 4.79 Å². The van der Waals surface area contributed by atoms with Crippen LogP contribution in [0.2, 0.25) is 0 Å². The highest BCUT2D eigenvalue weighted by Crippen LogP contribution is 2.51. The SMILES string of the molecule is Cc1ccc(C2(c3ccc(C)cc3)CC(C(=O)NC(C)(C)C)C(C)(O)O2)cc1. The van der Waals surface area contributed by atoms with E-state index in [0.29, 0.717) is 6.42 Å². The predicted octanol–water partition coefficient (Wildman–Crippen LogP) is 4.21. The van der Waals surface area contributed by atoms with E-state index in [4.69, 9.17) is 4.74 Å². The maximum absolute atomic E-state index is 13.0. The highest BCUT2D eigenvalue weighted by molar-refractivity contribution is 5.81. The number of rotatable bonds is 3. The molecule has 2 N–H and O–H groups in total. The summed E-state index contributed by atoms with van der Waals surface area (Å²) in [5, 5.41) is 14.1. The van der Waals surface area contributed by atoms with Crippen molar-refractivity contribution < 1.29 is 14.6 Å². The molecule has 150 valence electrons. The molecule has 2 unspecified atom stereocenters. The second-order valence-corrected chi connectivity index (χ2v) is 9.21. The molecule has 4 heteroatoms. The van der Waals surface area contributed by atoms with Crippen LogP contribution in [0, 0.1) is 19.8 Å². The number of nitrogens with one attached hydrogen (secondary N) is 1. The molecule has 4 nitrogen and oxygen atoms in total. The van der Waals surface area contributed by atoms with Crippen molar-refractivity contribution in [2.45, 2.75) is 64.9 Å². The average molecular weight is 382 g/mol. The van der Waals surface area contributed by atoms with Gasteiger partial charge in [-0.25, -0.2) is 0 Å². The fourth-order valence-corrected chi connectivity index (χ4v) is 3.90. The second kappa shape index (κ2) is 7.02. The lowest BCUT2D eigenvalue weighted by Gasteiger charge is -2.32. The van der Waals surface area contributed by atoms with Gasteiger partial charge in [-0.15, -0.1) is 0 Å². The highest BCUT2D eigenvalue weighted by Gasteiger charge is 2.57. The van der Waals surface area contributed by atoms with Gasteiger partial charge in [0.25, 0.3) is 0 Å². The summed E-state index contributed by atoms with van der Waals surface area (Å²) >= 11 is 0. The predicted molar refractivity (Wildman–Crippen MR) is 111 cm³/mol. The Morgan fingerprint density at radius 2 is 1.43 bits per heavy atom. The Morgan fingerprint density at radius 1 is 1.00 bits per heavy atom. The zero-order chi connectivity index (χ0) is 20.7. The molecule has 0 radical (unpaired) electrons. The fourth-order valence-electron chi connectivity index (χ4n) is 3.90. The number of ether oxygens (including phenoxy) is 1. The molecule has 1 amide bonds. The monoisotopic (exact) mass is 381 g/mol. The molecule has 1 aliphatic heterocycles. The summed E-state index contributed by atoms with van der Waals surface area (Å²) in [7, 11) is 0. The first kappa shape index (κ1) is 20.6. The summed E-state index contributed by atoms with van der Waals surface area (Å²) in [5.74, 6) is -2.46. The van der Waals surface area contributed by atoms with E-state index < -0.39 is 17.3 Å². The number of aryl methyl sites for hydroxylation is 2. The van der Waals surface area contributed by atoms with Crippen molar-refractivity contribution in [3.8, 4) is 0 Å². The van der Waals surface area contributed by atoms with Crippen LogP contribution in [0.4, 0.5) is 0 Å². The van der Waals surface area contributed by atoms with Gasteiger partial charge < -0.3 is 15.2 Å². The summed E-state index contributed by atoms with van der Waals surface area (Å²) in [6.07, 6.45) is 0.369. The molecule has 0 saturated carbocycles. The molecule has 2 aromatic rings. The van der Waals surface area contributed by atoms with E-state index >= 15 is 0 Å². The number of carbonyl (C=O) groups excluding carboxylic acids is 1. The van der Waals surface area contributed by atoms with E-state index in [9.17, 15) is 9.90 Å². The first-order valence-corrected chi connectivity index (χ1v) is 9.82. The minimum Gasteiger partial charge on any atom is -0.365 e. The third-order valence-corrected chi connectivity index (χ3v) is 5.37. The molecule has 0 bridgehead atoms. The van der Waals surface area contributed by atoms with Gasteiger partial charge in [0.15, 0.2) is 5.79 Å². The summed E-state index contributed by atoms with van der Waals surface area (Å²) in [4.78, 5) is 13.0. The van der Waals surface area contributed by atoms with Crippen molar-refractivity contribution in [1.82, 2.24) is 5.32 Å². The van der Waals surface area contributed by atoms with Gasteiger partial charge in [0.1, 0.15) is 5.60 Å². The quantitative estimate of drug-likeness (QED) is 0.837. The average Bonchev–Trinajstić information content (AvgIpc) is 2.87. The van der Waals surface area contributed by atoms with Crippen molar-refractivity contribution in [2.24, 2.45) is 5.92 Å². The van der Waals surface area contributed by atoms with E-state index in [1.54, 1.807) is 6.92 Å². The Hall–Kier alpha value is -2.17. The van der Waals surface area contributed by atoms with E-state index in [1.165, 1.54) is 0 Å². The molecule has 0 aliphatic carbocycles. The Labute approximate surface area is 167 Å². The van der Waals surface area contributed by atoms with Crippen LogP contribution >= 0.6 is 0 Å². The third-order valence-electron chi connectivity index (χ3n) is 5.37. The Kier molecular flexibility index (Phi) is 5.15. The van der Waals surface area contributed by atoms with Gasteiger partial charge in [0.2, 0.25) is 5.91 Å². The van der Waals surface area contributed by atoms with Gasteiger partial charge in [-0.05, 0) is 52.7 Å². The van der Waals surface area contributed by atoms with Crippen LogP contribution < -0.4 is 5.32 Å². The Balaban J connectivity index is 2.09. The Morgan fingerprint density at radius 3 is 1.82 bits per heavy atom. The number of hydrogen-bond donors (Lipinski definition) is 2. The minimum absolute atomic E-state index is 0.196. The normalized spacial score (nSPS) is 24.2. The van der Waals surface area contributed by atoms with Crippen LogP contribution in [0.25, 0.3) is 0 Å². The van der Waals surface area contributed by atoms with E-state index in [0.717, 1.165) is 22.3 Å². The molecule has 3 rings (SSSR count). The van der Waals surface area contributed by atoms with Gasteiger partial charge in [0.05, 0.1) is 5.92 Å². The van der Waals surface area contributed by atoms with Crippen molar-refractivity contribution in [2.75, 3.05) is 0 Å². The van der Waals surface area contributed by atoms with Gasteiger partial charge in [0, 0.05) is 12.0 Å².